The first-order valence-corrected chi connectivity index (χ1v) is 7.09. The standard InChI is InChI=1S/C15H21NO3/c1-18-14-10-19-12(8-13(14)17)9-16-7-6-15(11-16)4-2-3-5-15/h8,10H,2-7,9,11H2,1H3. The van der Waals surface area contributed by atoms with Gasteiger partial charge in [0.15, 0.2) is 0 Å². The fourth-order valence-corrected chi connectivity index (χ4v) is 3.59. The Hall–Kier alpha value is -1.29. The Morgan fingerprint density at radius 3 is 2.84 bits per heavy atom. The predicted octanol–water partition coefficient (Wildman–Crippen LogP) is 2.41. The molecule has 0 radical (unpaired) electrons. The lowest BCUT2D eigenvalue weighted by Gasteiger charge is -2.23. The van der Waals surface area contributed by atoms with Gasteiger partial charge in [-0.25, -0.2) is 0 Å². The summed E-state index contributed by atoms with van der Waals surface area (Å²) < 4.78 is 10.4. The smallest absolute Gasteiger partial charge is 0.227 e. The zero-order valence-electron chi connectivity index (χ0n) is 11.5. The number of rotatable bonds is 3. The first-order valence-electron chi connectivity index (χ1n) is 7.09. The van der Waals surface area contributed by atoms with E-state index in [0.717, 1.165) is 25.4 Å². The molecule has 0 aromatic carbocycles. The van der Waals surface area contributed by atoms with Gasteiger partial charge in [0.1, 0.15) is 12.0 Å². The van der Waals surface area contributed by atoms with Gasteiger partial charge in [-0.05, 0) is 31.2 Å². The summed E-state index contributed by atoms with van der Waals surface area (Å²) >= 11 is 0. The van der Waals surface area contributed by atoms with E-state index in [1.165, 1.54) is 45.5 Å². The molecule has 3 rings (SSSR count). The molecule has 0 unspecified atom stereocenters. The zero-order chi connectivity index (χ0) is 13.3. The fourth-order valence-electron chi connectivity index (χ4n) is 3.59. The molecule has 4 nitrogen and oxygen atoms in total. The van der Waals surface area contributed by atoms with Gasteiger partial charge in [-0.3, -0.25) is 9.69 Å². The Labute approximate surface area is 113 Å². The third kappa shape index (κ3) is 2.54. The topological polar surface area (TPSA) is 42.7 Å². The van der Waals surface area contributed by atoms with Crippen LogP contribution in [0.3, 0.4) is 0 Å². The lowest BCUT2D eigenvalue weighted by Crippen LogP contribution is -2.25. The van der Waals surface area contributed by atoms with Crippen molar-refractivity contribution < 1.29 is 9.15 Å². The molecule has 2 fully saturated rings. The molecule has 0 atom stereocenters. The summed E-state index contributed by atoms with van der Waals surface area (Å²) in [6.45, 7) is 3.01. The van der Waals surface area contributed by atoms with Gasteiger partial charge in [-0.15, -0.1) is 0 Å². The van der Waals surface area contributed by atoms with Crippen molar-refractivity contribution in [1.82, 2.24) is 4.90 Å². The molecule has 1 aliphatic carbocycles. The van der Waals surface area contributed by atoms with Crippen molar-refractivity contribution in [3.8, 4) is 5.75 Å². The lowest BCUT2D eigenvalue weighted by atomic mass is 9.86. The van der Waals surface area contributed by atoms with Crippen molar-refractivity contribution in [3.63, 3.8) is 0 Å². The molecule has 1 aromatic heterocycles. The van der Waals surface area contributed by atoms with E-state index in [1.807, 2.05) is 0 Å². The summed E-state index contributed by atoms with van der Waals surface area (Å²) in [7, 11) is 1.48. The average Bonchev–Trinajstić information content (AvgIpc) is 3.01. The van der Waals surface area contributed by atoms with Crippen molar-refractivity contribution >= 4 is 0 Å². The molecule has 1 aromatic rings. The second kappa shape index (κ2) is 5.00. The Balaban J connectivity index is 1.66. The molecule has 1 spiro atoms. The Kier molecular flexibility index (Phi) is 3.35. The van der Waals surface area contributed by atoms with Crippen LogP contribution < -0.4 is 10.2 Å². The molecular weight excluding hydrogens is 242 g/mol. The summed E-state index contributed by atoms with van der Waals surface area (Å²) in [4.78, 5) is 14.1. The van der Waals surface area contributed by atoms with E-state index in [0.29, 0.717) is 5.41 Å². The van der Waals surface area contributed by atoms with Crippen LogP contribution >= 0.6 is 0 Å². The van der Waals surface area contributed by atoms with Crippen molar-refractivity contribution in [2.24, 2.45) is 5.41 Å². The number of ether oxygens (including phenoxy) is 1. The minimum absolute atomic E-state index is 0.0986. The van der Waals surface area contributed by atoms with Gasteiger partial charge >= 0.3 is 0 Å². The number of hydrogen-bond acceptors (Lipinski definition) is 4. The van der Waals surface area contributed by atoms with Crippen molar-refractivity contribution in [3.05, 3.63) is 28.3 Å². The third-order valence-corrected chi connectivity index (χ3v) is 4.63. The second-order valence-corrected chi connectivity index (χ2v) is 5.95. The minimum atomic E-state index is -0.0986. The van der Waals surface area contributed by atoms with Gasteiger partial charge in [0, 0.05) is 12.6 Å². The van der Waals surface area contributed by atoms with Gasteiger partial charge in [-0.1, -0.05) is 12.8 Å². The summed E-state index contributed by atoms with van der Waals surface area (Å²) in [6, 6.07) is 1.55. The van der Waals surface area contributed by atoms with Crippen molar-refractivity contribution in [1.29, 1.82) is 0 Å². The molecule has 104 valence electrons. The molecule has 4 heteroatoms. The monoisotopic (exact) mass is 263 g/mol. The number of likely N-dealkylation sites (tertiary alicyclic amines) is 1. The predicted molar refractivity (Wildman–Crippen MR) is 72.3 cm³/mol. The van der Waals surface area contributed by atoms with Gasteiger partial charge in [-0.2, -0.15) is 0 Å². The molecule has 1 saturated carbocycles. The maximum absolute atomic E-state index is 11.7. The second-order valence-electron chi connectivity index (χ2n) is 5.95. The van der Waals surface area contributed by atoms with Crippen LogP contribution in [0.2, 0.25) is 0 Å². The third-order valence-electron chi connectivity index (χ3n) is 4.63. The number of hydrogen-bond donors (Lipinski definition) is 0. The highest BCUT2D eigenvalue weighted by Crippen LogP contribution is 2.45. The van der Waals surface area contributed by atoms with E-state index in [9.17, 15) is 4.79 Å². The van der Waals surface area contributed by atoms with Crippen LogP contribution in [0.1, 0.15) is 37.9 Å². The van der Waals surface area contributed by atoms with Crippen LogP contribution in [0.4, 0.5) is 0 Å². The van der Waals surface area contributed by atoms with E-state index in [-0.39, 0.29) is 11.2 Å². The average molecular weight is 263 g/mol. The molecular formula is C15H21NO3. The first-order chi connectivity index (χ1) is 9.21. The van der Waals surface area contributed by atoms with Crippen LogP contribution in [0, 0.1) is 5.41 Å². The Morgan fingerprint density at radius 1 is 1.37 bits per heavy atom. The van der Waals surface area contributed by atoms with E-state index in [4.69, 9.17) is 9.15 Å². The maximum atomic E-state index is 11.7. The van der Waals surface area contributed by atoms with E-state index >= 15 is 0 Å². The fraction of sp³-hybridized carbons (Fsp3) is 0.667. The van der Waals surface area contributed by atoms with Crippen molar-refractivity contribution in [2.45, 2.75) is 38.6 Å². The molecule has 1 aliphatic heterocycles. The summed E-state index contributed by atoms with van der Waals surface area (Å²) in [6.07, 6.45) is 8.22. The molecule has 19 heavy (non-hydrogen) atoms. The van der Waals surface area contributed by atoms with Gasteiger partial charge in [0.05, 0.1) is 13.7 Å². The molecule has 2 heterocycles. The molecule has 0 N–H and O–H groups in total. The van der Waals surface area contributed by atoms with Crippen LogP contribution in [0.15, 0.2) is 21.5 Å². The van der Waals surface area contributed by atoms with Gasteiger partial charge in [0.25, 0.3) is 0 Å². The lowest BCUT2D eigenvalue weighted by molar-refractivity contribution is 0.238. The number of nitrogens with zero attached hydrogens (tertiary/aromatic N) is 1. The Morgan fingerprint density at radius 2 is 2.16 bits per heavy atom. The molecule has 0 amide bonds. The van der Waals surface area contributed by atoms with Crippen molar-refractivity contribution in [2.75, 3.05) is 20.2 Å². The van der Waals surface area contributed by atoms with Gasteiger partial charge in [0.2, 0.25) is 11.2 Å². The largest absolute Gasteiger partial charge is 0.490 e. The highest BCUT2D eigenvalue weighted by Gasteiger charge is 2.40. The van der Waals surface area contributed by atoms with Crippen LogP contribution in [0.25, 0.3) is 0 Å². The summed E-state index contributed by atoms with van der Waals surface area (Å²) in [5.74, 6) is 1.01. The Bertz CT molecular complexity index is 502. The van der Waals surface area contributed by atoms with E-state index in [1.54, 1.807) is 6.07 Å². The quantitative estimate of drug-likeness (QED) is 0.840. The SMILES string of the molecule is COc1coc(CN2CCC3(CCCC3)C2)cc1=O. The van der Waals surface area contributed by atoms with Crippen LogP contribution in [-0.4, -0.2) is 25.1 Å². The van der Waals surface area contributed by atoms with E-state index < -0.39 is 0 Å². The highest BCUT2D eigenvalue weighted by molar-refractivity contribution is 5.17. The summed E-state index contributed by atoms with van der Waals surface area (Å²) in [5, 5.41) is 0. The highest BCUT2D eigenvalue weighted by atomic mass is 16.5. The first kappa shape index (κ1) is 12.7. The zero-order valence-corrected chi connectivity index (χ0v) is 11.5. The summed E-state index contributed by atoms with van der Waals surface area (Å²) in [5.41, 5.74) is 0.464. The molecule has 0 bridgehead atoms. The normalized spacial score (nSPS) is 22.2. The van der Waals surface area contributed by atoms with Crippen LogP contribution in [0.5, 0.6) is 5.75 Å². The van der Waals surface area contributed by atoms with Crippen LogP contribution in [-0.2, 0) is 6.54 Å². The number of methoxy groups -OCH3 is 1. The minimum Gasteiger partial charge on any atom is -0.490 e. The van der Waals surface area contributed by atoms with E-state index in [2.05, 4.69) is 4.90 Å². The molecule has 1 saturated heterocycles. The maximum Gasteiger partial charge on any atom is 0.227 e. The van der Waals surface area contributed by atoms with Gasteiger partial charge < -0.3 is 9.15 Å². The molecule has 2 aliphatic rings.